The number of hydrogen-bond acceptors (Lipinski definition) is 3. The van der Waals surface area contributed by atoms with E-state index in [2.05, 4.69) is 22.8 Å². The lowest BCUT2D eigenvalue weighted by molar-refractivity contribution is 0.242. The van der Waals surface area contributed by atoms with E-state index in [0.29, 0.717) is 5.11 Å². The Balaban J connectivity index is 1.60. The van der Waals surface area contributed by atoms with Gasteiger partial charge in [-0.1, -0.05) is 30.3 Å². The van der Waals surface area contributed by atoms with Crippen LogP contribution in [-0.2, 0) is 5.75 Å². The van der Waals surface area contributed by atoms with E-state index in [9.17, 15) is 0 Å². The summed E-state index contributed by atoms with van der Waals surface area (Å²) in [5.74, 6) is 2.92. The van der Waals surface area contributed by atoms with Crippen molar-refractivity contribution >= 4 is 34.8 Å². The summed E-state index contributed by atoms with van der Waals surface area (Å²) in [7, 11) is 0. The van der Waals surface area contributed by atoms with E-state index in [1.165, 1.54) is 5.56 Å². The van der Waals surface area contributed by atoms with Crippen molar-refractivity contribution in [2.45, 2.75) is 25.7 Å². The van der Waals surface area contributed by atoms with Crippen molar-refractivity contribution in [3.8, 4) is 5.75 Å². The van der Waals surface area contributed by atoms with Gasteiger partial charge in [-0.15, -0.1) is 0 Å². The first-order valence-electron chi connectivity index (χ1n) is 8.07. The molecule has 3 nitrogen and oxygen atoms in total. The van der Waals surface area contributed by atoms with Crippen molar-refractivity contribution in [1.82, 2.24) is 5.32 Å². The maximum absolute atomic E-state index is 5.65. The van der Waals surface area contributed by atoms with Crippen LogP contribution >= 0.6 is 24.0 Å². The minimum Gasteiger partial charge on any atom is -0.491 e. The maximum Gasteiger partial charge on any atom is 0.170 e. The number of benzene rings is 2. The van der Waals surface area contributed by atoms with Crippen LogP contribution in [-0.4, -0.2) is 23.5 Å². The molecule has 0 amide bonds. The van der Waals surface area contributed by atoms with E-state index in [1.54, 1.807) is 0 Å². The zero-order valence-corrected chi connectivity index (χ0v) is 15.8. The predicted octanol–water partition coefficient (Wildman–Crippen LogP) is 4.69. The highest BCUT2D eigenvalue weighted by Crippen LogP contribution is 2.17. The van der Waals surface area contributed by atoms with Gasteiger partial charge in [0.2, 0.25) is 0 Å². The lowest BCUT2D eigenvalue weighted by atomic mass is 10.2. The molecule has 0 unspecified atom stereocenters. The summed E-state index contributed by atoms with van der Waals surface area (Å²) in [6, 6.07) is 18.3. The van der Waals surface area contributed by atoms with E-state index >= 15 is 0 Å². The monoisotopic (exact) mass is 360 g/mol. The Morgan fingerprint density at radius 2 is 1.79 bits per heavy atom. The van der Waals surface area contributed by atoms with Gasteiger partial charge < -0.3 is 15.4 Å². The number of para-hydroxylation sites is 1. The Morgan fingerprint density at radius 3 is 2.46 bits per heavy atom. The molecule has 0 aliphatic carbocycles. The van der Waals surface area contributed by atoms with Crippen LogP contribution in [0.4, 0.5) is 5.69 Å². The summed E-state index contributed by atoms with van der Waals surface area (Å²) in [5.41, 5.74) is 2.31. The first-order valence-corrected chi connectivity index (χ1v) is 9.63. The molecule has 0 saturated carbocycles. The molecular weight excluding hydrogens is 336 g/mol. The zero-order valence-electron chi connectivity index (χ0n) is 14.1. The predicted molar refractivity (Wildman–Crippen MR) is 109 cm³/mol. The van der Waals surface area contributed by atoms with Gasteiger partial charge in [-0.05, 0) is 55.9 Å². The molecule has 24 heavy (non-hydrogen) atoms. The molecule has 2 aromatic carbocycles. The summed E-state index contributed by atoms with van der Waals surface area (Å²) in [6.45, 7) is 4.92. The van der Waals surface area contributed by atoms with Crippen LogP contribution in [0, 0.1) is 0 Å². The van der Waals surface area contributed by atoms with Gasteiger partial charge in [0.05, 0.1) is 6.10 Å². The molecular formula is C19H24N2OS2. The fourth-order valence-corrected chi connectivity index (χ4v) is 3.10. The zero-order chi connectivity index (χ0) is 17.2. The van der Waals surface area contributed by atoms with Crippen LogP contribution in [0.25, 0.3) is 0 Å². The molecule has 0 saturated heterocycles. The highest BCUT2D eigenvalue weighted by Gasteiger charge is 2.00. The van der Waals surface area contributed by atoms with Crippen LogP contribution < -0.4 is 15.4 Å². The molecule has 0 bridgehead atoms. The van der Waals surface area contributed by atoms with Gasteiger partial charge in [-0.25, -0.2) is 0 Å². The number of anilines is 1. The Kier molecular flexibility index (Phi) is 7.92. The van der Waals surface area contributed by atoms with Crippen molar-refractivity contribution < 1.29 is 4.74 Å². The molecule has 0 radical (unpaired) electrons. The minimum absolute atomic E-state index is 0.213. The van der Waals surface area contributed by atoms with Crippen molar-refractivity contribution in [1.29, 1.82) is 0 Å². The van der Waals surface area contributed by atoms with Crippen LogP contribution in [0.3, 0.4) is 0 Å². The van der Waals surface area contributed by atoms with Gasteiger partial charge in [0.25, 0.3) is 0 Å². The molecule has 2 rings (SSSR count). The normalized spacial score (nSPS) is 10.5. The topological polar surface area (TPSA) is 33.3 Å². The Morgan fingerprint density at radius 1 is 1.08 bits per heavy atom. The molecule has 0 atom stereocenters. The van der Waals surface area contributed by atoms with Crippen molar-refractivity contribution in [3.63, 3.8) is 0 Å². The SMILES string of the molecule is CC(C)Oc1ccc(CSCCNC(=S)Nc2ccccc2)cc1. The molecule has 0 fully saturated rings. The van der Waals surface area contributed by atoms with Crippen LogP contribution in [0.5, 0.6) is 5.75 Å². The smallest absolute Gasteiger partial charge is 0.170 e. The lowest BCUT2D eigenvalue weighted by Crippen LogP contribution is -2.30. The van der Waals surface area contributed by atoms with Gasteiger partial charge in [0.1, 0.15) is 5.75 Å². The van der Waals surface area contributed by atoms with E-state index in [0.717, 1.165) is 29.5 Å². The number of ether oxygens (including phenoxy) is 1. The summed E-state index contributed by atoms with van der Waals surface area (Å²) >= 11 is 7.17. The van der Waals surface area contributed by atoms with Crippen molar-refractivity contribution in [3.05, 3.63) is 60.2 Å². The molecule has 0 aliphatic heterocycles. The molecule has 5 heteroatoms. The number of thiocarbonyl (C=S) groups is 1. The molecule has 0 aromatic heterocycles. The average molecular weight is 361 g/mol. The standard InChI is InChI=1S/C19H24N2OS2/c1-15(2)22-18-10-8-16(9-11-18)14-24-13-12-20-19(23)21-17-6-4-3-5-7-17/h3-11,15H,12-14H2,1-2H3,(H2,20,21,23). The van der Waals surface area contributed by atoms with Gasteiger partial charge in [-0.2, -0.15) is 11.8 Å². The van der Waals surface area contributed by atoms with Gasteiger partial charge in [-0.3, -0.25) is 0 Å². The summed E-state index contributed by atoms with van der Waals surface area (Å²) in [6.07, 6.45) is 0.213. The Labute approximate surface area is 154 Å². The summed E-state index contributed by atoms with van der Waals surface area (Å²) in [5, 5.41) is 7.06. The van der Waals surface area contributed by atoms with E-state index in [4.69, 9.17) is 17.0 Å². The second-order valence-electron chi connectivity index (χ2n) is 5.61. The third-order valence-electron chi connectivity index (χ3n) is 3.13. The highest BCUT2D eigenvalue weighted by molar-refractivity contribution is 7.98. The number of rotatable bonds is 8. The number of nitrogens with one attached hydrogen (secondary N) is 2. The second-order valence-corrected chi connectivity index (χ2v) is 7.12. The molecule has 0 aliphatic rings. The molecule has 128 valence electrons. The van der Waals surface area contributed by atoms with Crippen LogP contribution in [0.1, 0.15) is 19.4 Å². The molecule has 2 aromatic rings. The first-order chi connectivity index (χ1) is 11.6. The van der Waals surface area contributed by atoms with E-state index in [-0.39, 0.29) is 6.10 Å². The average Bonchev–Trinajstić information content (AvgIpc) is 2.56. The largest absolute Gasteiger partial charge is 0.491 e. The van der Waals surface area contributed by atoms with Crippen molar-refractivity contribution in [2.75, 3.05) is 17.6 Å². The van der Waals surface area contributed by atoms with Crippen molar-refractivity contribution in [2.24, 2.45) is 0 Å². The quantitative estimate of drug-likeness (QED) is 0.527. The lowest BCUT2D eigenvalue weighted by Gasteiger charge is -2.11. The fraction of sp³-hybridized carbons (Fsp3) is 0.316. The van der Waals surface area contributed by atoms with Gasteiger partial charge in [0.15, 0.2) is 5.11 Å². The molecule has 0 spiro atoms. The first kappa shape index (κ1) is 18.6. The summed E-state index contributed by atoms with van der Waals surface area (Å²) < 4.78 is 5.65. The summed E-state index contributed by atoms with van der Waals surface area (Å²) in [4.78, 5) is 0. The Bertz CT molecular complexity index is 615. The maximum atomic E-state index is 5.65. The van der Waals surface area contributed by atoms with E-state index < -0.39 is 0 Å². The number of hydrogen-bond donors (Lipinski definition) is 2. The van der Waals surface area contributed by atoms with Gasteiger partial charge >= 0.3 is 0 Å². The van der Waals surface area contributed by atoms with E-state index in [1.807, 2.05) is 68.1 Å². The second kappa shape index (κ2) is 10.2. The van der Waals surface area contributed by atoms with Crippen LogP contribution in [0.15, 0.2) is 54.6 Å². The molecule has 0 heterocycles. The molecule has 2 N–H and O–H groups in total. The fourth-order valence-electron chi connectivity index (χ4n) is 2.06. The highest BCUT2D eigenvalue weighted by atomic mass is 32.2. The van der Waals surface area contributed by atoms with Crippen LogP contribution in [0.2, 0.25) is 0 Å². The van der Waals surface area contributed by atoms with Gasteiger partial charge in [0, 0.05) is 23.7 Å². The third-order valence-corrected chi connectivity index (χ3v) is 4.40. The third kappa shape index (κ3) is 7.23. The Hall–Kier alpha value is -1.72. The number of thioether (sulfide) groups is 1. The minimum atomic E-state index is 0.213.